The van der Waals surface area contributed by atoms with Gasteiger partial charge in [0.1, 0.15) is 11.2 Å². The van der Waals surface area contributed by atoms with E-state index in [1.54, 1.807) is 36.0 Å². The lowest BCUT2D eigenvalue weighted by atomic mass is 9.91. The number of fused-ring (bicyclic) bond motifs is 1. The molecule has 0 fully saturated rings. The van der Waals surface area contributed by atoms with Crippen molar-refractivity contribution in [3.05, 3.63) is 87.9 Å². The van der Waals surface area contributed by atoms with Crippen LogP contribution in [-0.2, 0) is 0 Å². The van der Waals surface area contributed by atoms with E-state index in [1.807, 2.05) is 50.3 Å². The van der Waals surface area contributed by atoms with Crippen LogP contribution < -0.4 is 10.7 Å². The molecule has 1 aromatic carbocycles. The van der Waals surface area contributed by atoms with E-state index >= 15 is 0 Å². The first-order valence-electron chi connectivity index (χ1n) is 10.8. The first kappa shape index (κ1) is 21.7. The van der Waals surface area contributed by atoms with E-state index < -0.39 is 12.0 Å². The summed E-state index contributed by atoms with van der Waals surface area (Å²) < 4.78 is 1.80. The number of amides is 1. The Bertz CT molecular complexity index is 1300. The van der Waals surface area contributed by atoms with Crippen LogP contribution in [0.2, 0.25) is 0 Å². The molecule has 2 heterocycles. The number of allylic oxidation sites excluding steroid dienone is 3. The number of rotatable bonds is 5. The van der Waals surface area contributed by atoms with Crippen molar-refractivity contribution in [2.24, 2.45) is 0 Å². The maximum atomic E-state index is 13.0. The van der Waals surface area contributed by atoms with Crippen LogP contribution in [0.3, 0.4) is 0 Å². The van der Waals surface area contributed by atoms with Crippen LogP contribution in [0.4, 0.5) is 0 Å². The predicted octanol–water partition coefficient (Wildman–Crippen LogP) is 4.01. The zero-order valence-electron chi connectivity index (χ0n) is 18.5. The minimum absolute atomic E-state index is 0.0823. The predicted molar refractivity (Wildman–Crippen MR) is 127 cm³/mol. The van der Waals surface area contributed by atoms with E-state index in [0.29, 0.717) is 11.0 Å². The molecular formula is C26H27N3O3. The Kier molecular flexibility index (Phi) is 6.06. The minimum Gasteiger partial charge on any atom is -0.389 e. The zero-order chi connectivity index (χ0) is 22.8. The number of hydrogen-bond donors (Lipinski definition) is 2. The number of nitrogens with zero attached hydrogens (tertiary/aromatic N) is 2. The van der Waals surface area contributed by atoms with Crippen molar-refractivity contribution < 1.29 is 9.90 Å². The van der Waals surface area contributed by atoms with E-state index in [9.17, 15) is 14.7 Å². The van der Waals surface area contributed by atoms with Crippen LogP contribution in [0.1, 0.15) is 49.5 Å². The number of benzene rings is 1. The van der Waals surface area contributed by atoms with Crippen LogP contribution in [0.25, 0.3) is 22.3 Å². The number of pyridine rings is 2. The van der Waals surface area contributed by atoms with Gasteiger partial charge in [0.25, 0.3) is 5.91 Å². The van der Waals surface area contributed by atoms with Crippen molar-refractivity contribution in [3.8, 4) is 5.69 Å². The van der Waals surface area contributed by atoms with Crippen molar-refractivity contribution >= 4 is 22.5 Å². The van der Waals surface area contributed by atoms with E-state index in [4.69, 9.17) is 0 Å². The number of aliphatic hydroxyl groups excluding tert-OH is 1. The van der Waals surface area contributed by atoms with Crippen molar-refractivity contribution in [3.63, 3.8) is 0 Å². The molecule has 0 aliphatic heterocycles. The van der Waals surface area contributed by atoms with Crippen LogP contribution in [0.5, 0.6) is 0 Å². The third-order valence-electron chi connectivity index (χ3n) is 5.64. The lowest BCUT2D eigenvalue weighted by molar-refractivity contribution is 0.0941. The molecule has 0 saturated carbocycles. The van der Waals surface area contributed by atoms with Gasteiger partial charge >= 0.3 is 0 Å². The molecule has 3 aromatic rings. The quantitative estimate of drug-likeness (QED) is 0.642. The second-order valence-corrected chi connectivity index (χ2v) is 8.40. The van der Waals surface area contributed by atoms with Crippen LogP contribution >= 0.6 is 0 Å². The number of aromatic nitrogens is 2. The topological polar surface area (TPSA) is 84.2 Å². The maximum absolute atomic E-state index is 13.0. The Labute approximate surface area is 186 Å². The van der Waals surface area contributed by atoms with E-state index in [-0.39, 0.29) is 17.0 Å². The smallest absolute Gasteiger partial charge is 0.256 e. The highest BCUT2D eigenvalue weighted by Crippen LogP contribution is 2.29. The second kappa shape index (κ2) is 8.93. The van der Waals surface area contributed by atoms with Crippen molar-refractivity contribution in [2.75, 3.05) is 0 Å². The number of hydrogen-bond acceptors (Lipinski definition) is 4. The molecule has 2 aromatic heterocycles. The Morgan fingerprint density at radius 3 is 2.62 bits per heavy atom. The van der Waals surface area contributed by atoms with Gasteiger partial charge in [0.05, 0.1) is 11.5 Å². The summed E-state index contributed by atoms with van der Waals surface area (Å²) in [5.41, 5.74) is 4.34. The fourth-order valence-corrected chi connectivity index (χ4v) is 3.96. The molecule has 164 valence electrons. The number of carbonyl (C=O) groups excluding carboxylic acids is 1. The van der Waals surface area contributed by atoms with Crippen molar-refractivity contribution in [1.29, 1.82) is 0 Å². The number of carbonyl (C=O) groups is 1. The molecule has 1 aliphatic carbocycles. The van der Waals surface area contributed by atoms with E-state index in [2.05, 4.69) is 10.3 Å². The molecule has 4 rings (SSSR count). The number of aliphatic hydroxyl groups is 1. The standard InChI is InChI=1S/C26H27N3O3/c1-16(2)28-26(32)23-15-29(25-22(24(23)31)8-5-13-27-25)21-7-4-6-20(14-21)19-11-9-18(10-12-19)17(3)30/h4-9,11,13-17,30H,10,12H2,1-3H3,(H,28,32). The molecule has 2 N–H and O–H groups in total. The molecule has 0 radical (unpaired) electrons. The molecule has 1 amide bonds. The molecule has 1 unspecified atom stereocenters. The molecule has 32 heavy (non-hydrogen) atoms. The molecule has 0 saturated heterocycles. The van der Waals surface area contributed by atoms with Gasteiger partial charge in [-0.3, -0.25) is 9.59 Å². The largest absolute Gasteiger partial charge is 0.389 e. The average molecular weight is 430 g/mol. The molecule has 1 atom stereocenters. The second-order valence-electron chi connectivity index (χ2n) is 8.40. The summed E-state index contributed by atoms with van der Waals surface area (Å²) in [6, 6.07) is 11.3. The lowest BCUT2D eigenvalue weighted by Crippen LogP contribution is -2.34. The van der Waals surface area contributed by atoms with Crippen molar-refractivity contribution in [1.82, 2.24) is 14.9 Å². The Morgan fingerprint density at radius 1 is 1.12 bits per heavy atom. The average Bonchev–Trinajstić information content (AvgIpc) is 2.79. The third-order valence-corrected chi connectivity index (χ3v) is 5.64. The maximum Gasteiger partial charge on any atom is 0.256 e. The van der Waals surface area contributed by atoms with Gasteiger partial charge in [0.2, 0.25) is 5.43 Å². The van der Waals surface area contributed by atoms with Crippen LogP contribution in [0, 0.1) is 0 Å². The zero-order valence-corrected chi connectivity index (χ0v) is 18.5. The summed E-state index contributed by atoms with van der Waals surface area (Å²) in [4.78, 5) is 30.1. The Balaban J connectivity index is 1.84. The minimum atomic E-state index is -0.437. The lowest BCUT2D eigenvalue weighted by Gasteiger charge is -2.18. The number of nitrogens with one attached hydrogen (secondary N) is 1. The summed E-state index contributed by atoms with van der Waals surface area (Å²) in [6.07, 6.45) is 8.47. The highest BCUT2D eigenvalue weighted by atomic mass is 16.3. The van der Waals surface area contributed by atoms with Gasteiger partial charge in [-0.05, 0) is 74.6 Å². The summed E-state index contributed by atoms with van der Waals surface area (Å²) in [5.74, 6) is -0.397. The highest BCUT2D eigenvalue weighted by Gasteiger charge is 2.18. The van der Waals surface area contributed by atoms with E-state index in [1.165, 1.54) is 5.57 Å². The van der Waals surface area contributed by atoms with Gasteiger partial charge in [-0.1, -0.05) is 24.3 Å². The fourth-order valence-electron chi connectivity index (χ4n) is 3.96. The Hall–Kier alpha value is -3.51. The Morgan fingerprint density at radius 2 is 1.94 bits per heavy atom. The molecule has 1 aliphatic rings. The van der Waals surface area contributed by atoms with Gasteiger partial charge in [-0.2, -0.15) is 0 Å². The normalized spacial score (nSPS) is 14.8. The van der Waals surface area contributed by atoms with Crippen LogP contribution in [0.15, 0.2) is 71.3 Å². The monoisotopic (exact) mass is 429 g/mol. The van der Waals surface area contributed by atoms with Gasteiger partial charge in [-0.15, -0.1) is 0 Å². The first-order valence-corrected chi connectivity index (χ1v) is 10.8. The molecule has 6 heteroatoms. The van der Waals surface area contributed by atoms with Crippen molar-refractivity contribution in [2.45, 2.75) is 45.8 Å². The van der Waals surface area contributed by atoms with Gasteiger partial charge in [-0.25, -0.2) is 4.98 Å². The summed E-state index contributed by atoms with van der Waals surface area (Å²) >= 11 is 0. The highest BCUT2D eigenvalue weighted by molar-refractivity contribution is 5.97. The van der Waals surface area contributed by atoms with Gasteiger partial charge in [0, 0.05) is 24.1 Å². The molecular weight excluding hydrogens is 402 g/mol. The third kappa shape index (κ3) is 4.27. The molecule has 0 spiro atoms. The SMILES string of the molecule is CC(C)NC(=O)c1cn(-c2cccc(C3=CC=C(C(C)O)CC3)c2)c2ncccc2c1=O. The summed E-state index contributed by atoms with van der Waals surface area (Å²) in [7, 11) is 0. The summed E-state index contributed by atoms with van der Waals surface area (Å²) in [6.45, 7) is 5.50. The van der Waals surface area contributed by atoms with E-state index in [0.717, 1.165) is 29.7 Å². The first-order chi connectivity index (χ1) is 15.3. The van der Waals surface area contributed by atoms with Gasteiger partial charge in [0.15, 0.2) is 0 Å². The molecule has 0 bridgehead atoms. The van der Waals surface area contributed by atoms with Gasteiger partial charge < -0.3 is 15.0 Å². The van der Waals surface area contributed by atoms with Crippen LogP contribution in [-0.4, -0.2) is 32.7 Å². The summed E-state index contributed by atoms with van der Waals surface area (Å²) in [5, 5.41) is 13.0. The molecule has 6 nitrogen and oxygen atoms in total. The fraction of sp³-hybridized carbons (Fsp3) is 0.269.